The first-order valence-corrected chi connectivity index (χ1v) is 7.94. The number of amides is 1. The summed E-state index contributed by atoms with van der Waals surface area (Å²) in [5.41, 5.74) is 4.07. The summed E-state index contributed by atoms with van der Waals surface area (Å²) in [5.74, 6) is 2.24. The molecule has 3 heteroatoms. The van der Waals surface area contributed by atoms with E-state index in [4.69, 9.17) is 0 Å². The Hall–Kier alpha value is -0.860. The minimum atomic E-state index is 0.144. The largest absolute Gasteiger partial charge is 0.273 e. The number of carbonyl (C=O) groups is 1. The molecule has 2 rings (SSSR count). The van der Waals surface area contributed by atoms with Gasteiger partial charge in [0.2, 0.25) is 5.91 Å². The molecule has 19 heavy (non-hydrogen) atoms. The van der Waals surface area contributed by atoms with Gasteiger partial charge in [0.05, 0.1) is 0 Å². The van der Waals surface area contributed by atoms with Crippen LogP contribution in [0.4, 0.5) is 0 Å². The summed E-state index contributed by atoms with van der Waals surface area (Å²) in [4.78, 5) is 12.0. The van der Waals surface area contributed by atoms with Crippen molar-refractivity contribution in [2.24, 2.45) is 28.8 Å². The van der Waals surface area contributed by atoms with Crippen LogP contribution in [0.25, 0.3) is 0 Å². The standard InChI is InChI=1S/C16H28N2O/c1-11(2)14-9-8-12(3)10-15(14)17-18-16(19)13-6-4-5-7-13/h11-14H,4-10H2,1-3H3,(H,18,19)/t12-,14+/m1/s1. The van der Waals surface area contributed by atoms with Crippen molar-refractivity contribution in [3.05, 3.63) is 0 Å². The van der Waals surface area contributed by atoms with Crippen LogP contribution in [0.3, 0.4) is 0 Å². The van der Waals surface area contributed by atoms with Gasteiger partial charge in [-0.25, -0.2) is 5.43 Å². The second-order valence-corrected chi connectivity index (χ2v) is 6.80. The predicted molar refractivity (Wildman–Crippen MR) is 78.9 cm³/mol. The van der Waals surface area contributed by atoms with Crippen LogP contribution in [0, 0.1) is 23.7 Å². The first kappa shape index (κ1) is 14.5. The van der Waals surface area contributed by atoms with E-state index in [2.05, 4.69) is 31.3 Å². The van der Waals surface area contributed by atoms with Gasteiger partial charge in [0.25, 0.3) is 0 Å². The second-order valence-electron chi connectivity index (χ2n) is 6.80. The van der Waals surface area contributed by atoms with E-state index >= 15 is 0 Å². The molecule has 2 atom stereocenters. The van der Waals surface area contributed by atoms with Gasteiger partial charge in [0.15, 0.2) is 0 Å². The highest BCUT2D eigenvalue weighted by atomic mass is 16.2. The lowest BCUT2D eigenvalue weighted by atomic mass is 9.76. The lowest BCUT2D eigenvalue weighted by Gasteiger charge is -2.30. The number of nitrogens with zero attached hydrogens (tertiary/aromatic N) is 1. The zero-order valence-electron chi connectivity index (χ0n) is 12.6. The lowest BCUT2D eigenvalue weighted by Crippen LogP contribution is -2.32. The van der Waals surface area contributed by atoms with Crippen LogP contribution in [0.2, 0.25) is 0 Å². The van der Waals surface area contributed by atoms with E-state index in [0.717, 1.165) is 19.3 Å². The molecule has 0 aliphatic heterocycles. The molecule has 0 saturated heterocycles. The third-order valence-corrected chi connectivity index (χ3v) is 4.80. The van der Waals surface area contributed by atoms with Crippen LogP contribution in [-0.4, -0.2) is 11.6 Å². The van der Waals surface area contributed by atoms with E-state index in [1.807, 2.05) is 0 Å². The fraction of sp³-hybridized carbons (Fsp3) is 0.875. The van der Waals surface area contributed by atoms with Gasteiger partial charge in [-0.15, -0.1) is 0 Å². The second kappa shape index (κ2) is 6.53. The van der Waals surface area contributed by atoms with Gasteiger partial charge in [-0.3, -0.25) is 4.79 Å². The first-order valence-electron chi connectivity index (χ1n) is 7.94. The fourth-order valence-corrected chi connectivity index (χ4v) is 3.49. The van der Waals surface area contributed by atoms with Gasteiger partial charge in [-0.2, -0.15) is 5.10 Å². The summed E-state index contributed by atoms with van der Waals surface area (Å²) in [6.45, 7) is 6.80. The predicted octanol–water partition coefficient (Wildman–Crippen LogP) is 3.74. The highest BCUT2D eigenvalue weighted by Gasteiger charge is 2.28. The Balaban J connectivity index is 1.96. The number of hydrazone groups is 1. The van der Waals surface area contributed by atoms with Crippen molar-refractivity contribution in [1.29, 1.82) is 0 Å². The van der Waals surface area contributed by atoms with Crippen molar-refractivity contribution in [3.63, 3.8) is 0 Å². The average molecular weight is 264 g/mol. The fourth-order valence-electron chi connectivity index (χ4n) is 3.49. The molecule has 0 unspecified atom stereocenters. The Morgan fingerprint density at radius 1 is 1.21 bits per heavy atom. The molecule has 3 nitrogen and oxygen atoms in total. The van der Waals surface area contributed by atoms with Crippen molar-refractivity contribution < 1.29 is 4.79 Å². The molecule has 0 radical (unpaired) electrons. The maximum Gasteiger partial charge on any atom is 0.243 e. The van der Waals surface area contributed by atoms with Gasteiger partial charge < -0.3 is 0 Å². The summed E-state index contributed by atoms with van der Waals surface area (Å²) in [6.07, 6.45) is 8.03. The topological polar surface area (TPSA) is 41.5 Å². The maximum absolute atomic E-state index is 12.0. The third kappa shape index (κ3) is 3.80. The van der Waals surface area contributed by atoms with E-state index in [0.29, 0.717) is 17.8 Å². The number of carbonyl (C=O) groups excluding carboxylic acids is 1. The quantitative estimate of drug-likeness (QED) is 0.775. The molecule has 0 bridgehead atoms. The SMILES string of the molecule is CC(C)[C@@H]1CC[C@@H](C)CC1=NNC(=O)C1CCCC1. The summed E-state index contributed by atoms with van der Waals surface area (Å²) in [5, 5.41) is 4.50. The van der Waals surface area contributed by atoms with Crippen molar-refractivity contribution >= 4 is 11.6 Å². The molecule has 2 aliphatic rings. The molecule has 0 aromatic carbocycles. The van der Waals surface area contributed by atoms with E-state index < -0.39 is 0 Å². The molecule has 108 valence electrons. The number of hydrogen-bond acceptors (Lipinski definition) is 2. The van der Waals surface area contributed by atoms with Crippen molar-refractivity contribution in [1.82, 2.24) is 5.43 Å². The molecule has 2 aliphatic carbocycles. The molecule has 0 aromatic rings. The summed E-state index contributed by atoms with van der Waals surface area (Å²) in [6, 6.07) is 0. The van der Waals surface area contributed by atoms with Crippen LogP contribution < -0.4 is 5.43 Å². The van der Waals surface area contributed by atoms with Gasteiger partial charge in [0, 0.05) is 17.5 Å². The normalized spacial score (nSPS) is 31.1. The van der Waals surface area contributed by atoms with Gasteiger partial charge in [-0.1, -0.05) is 33.6 Å². The minimum absolute atomic E-state index is 0.144. The van der Waals surface area contributed by atoms with E-state index in [9.17, 15) is 4.79 Å². The molecule has 1 N–H and O–H groups in total. The molecule has 1 amide bonds. The third-order valence-electron chi connectivity index (χ3n) is 4.80. The van der Waals surface area contributed by atoms with Crippen molar-refractivity contribution in [2.45, 2.75) is 65.7 Å². The Morgan fingerprint density at radius 2 is 1.89 bits per heavy atom. The Morgan fingerprint density at radius 3 is 2.53 bits per heavy atom. The van der Waals surface area contributed by atoms with Crippen LogP contribution in [0.1, 0.15) is 65.7 Å². The molecule has 0 aromatic heterocycles. The zero-order valence-corrected chi connectivity index (χ0v) is 12.6. The molecule has 0 spiro atoms. The van der Waals surface area contributed by atoms with Crippen molar-refractivity contribution in [2.75, 3.05) is 0 Å². The first-order chi connectivity index (χ1) is 9.08. The van der Waals surface area contributed by atoms with Gasteiger partial charge >= 0.3 is 0 Å². The van der Waals surface area contributed by atoms with E-state index in [1.165, 1.54) is 31.4 Å². The minimum Gasteiger partial charge on any atom is -0.273 e. The molecular weight excluding hydrogens is 236 g/mol. The van der Waals surface area contributed by atoms with E-state index in [1.54, 1.807) is 0 Å². The lowest BCUT2D eigenvalue weighted by molar-refractivity contribution is -0.124. The number of rotatable bonds is 3. The maximum atomic E-state index is 12.0. The average Bonchev–Trinajstić information content (AvgIpc) is 2.89. The molecule has 2 saturated carbocycles. The zero-order chi connectivity index (χ0) is 13.8. The molecule has 2 fully saturated rings. The monoisotopic (exact) mass is 264 g/mol. The molecular formula is C16H28N2O. The highest BCUT2D eigenvalue weighted by molar-refractivity contribution is 5.89. The molecule has 0 heterocycles. The Labute approximate surface area is 117 Å². The smallest absolute Gasteiger partial charge is 0.243 e. The van der Waals surface area contributed by atoms with Crippen LogP contribution >= 0.6 is 0 Å². The van der Waals surface area contributed by atoms with Gasteiger partial charge in [0.1, 0.15) is 0 Å². The highest BCUT2D eigenvalue weighted by Crippen LogP contribution is 2.31. The summed E-state index contributed by atoms with van der Waals surface area (Å²) in [7, 11) is 0. The summed E-state index contributed by atoms with van der Waals surface area (Å²) < 4.78 is 0. The van der Waals surface area contributed by atoms with Crippen LogP contribution in [-0.2, 0) is 4.79 Å². The van der Waals surface area contributed by atoms with E-state index in [-0.39, 0.29) is 11.8 Å². The summed E-state index contributed by atoms with van der Waals surface area (Å²) >= 11 is 0. The Bertz CT molecular complexity index is 343. The number of hydrogen-bond donors (Lipinski definition) is 1. The Kier molecular flexibility index (Phi) is 5.00. The van der Waals surface area contributed by atoms with Crippen LogP contribution in [0.5, 0.6) is 0 Å². The van der Waals surface area contributed by atoms with Gasteiger partial charge in [-0.05, 0) is 43.9 Å². The van der Waals surface area contributed by atoms with Crippen LogP contribution in [0.15, 0.2) is 5.10 Å². The van der Waals surface area contributed by atoms with Crippen molar-refractivity contribution in [3.8, 4) is 0 Å². The number of nitrogens with one attached hydrogen (secondary N) is 1.